The average molecular weight is 348 g/mol. The molecule has 0 aromatic heterocycles. The van der Waals surface area contributed by atoms with Crippen molar-refractivity contribution in [1.82, 2.24) is 15.5 Å². The molecule has 1 amide bonds. The number of carbonyl (C=O) groups is 1. The second-order valence-electron chi connectivity index (χ2n) is 6.97. The molecule has 2 saturated heterocycles. The van der Waals surface area contributed by atoms with Crippen molar-refractivity contribution >= 4 is 11.9 Å². The van der Waals surface area contributed by atoms with E-state index in [2.05, 4.69) is 20.5 Å². The largest absolute Gasteiger partial charge is 0.387 e. The molecule has 2 unspecified atom stereocenters. The molecule has 0 radical (unpaired) electrons. The lowest BCUT2D eigenvalue weighted by molar-refractivity contribution is -0.119. The second kappa shape index (κ2) is 7.39. The summed E-state index contributed by atoms with van der Waals surface area (Å²) in [6.07, 6.45) is 1.87. The van der Waals surface area contributed by atoms with Crippen LogP contribution in [0.2, 0.25) is 0 Å². The number of hydrogen-bond acceptors (Lipinski definition) is 3. The van der Waals surface area contributed by atoms with Gasteiger partial charge >= 0.3 is 0 Å². The third-order valence-corrected chi connectivity index (χ3v) is 5.08. The van der Waals surface area contributed by atoms with Gasteiger partial charge in [-0.15, -0.1) is 0 Å². The minimum Gasteiger partial charge on any atom is -0.387 e. The fraction of sp³-hybridized carbons (Fsp3) is 0.556. The van der Waals surface area contributed by atoms with Gasteiger partial charge in [0.2, 0.25) is 5.91 Å². The van der Waals surface area contributed by atoms with E-state index in [0.717, 1.165) is 38.4 Å². The van der Waals surface area contributed by atoms with E-state index in [1.165, 1.54) is 12.1 Å². The van der Waals surface area contributed by atoms with Gasteiger partial charge in [0.1, 0.15) is 5.82 Å². The average Bonchev–Trinajstić information content (AvgIpc) is 2.96. The highest BCUT2D eigenvalue weighted by Gasteiger charge is 2.42. The highest BCUT2D eigenvalue weighted by Crippen LogP contribution is 2.36. The summed E-state index contributed by atoms with van der Waals surface area (Å²) >= 11 is 0. The van der Waals surface area contributed by atoms with E-state index in [-0.39, 0.29) is 17.1 Å². The van der Waals surface area contributed by atoms with E-state index in [9.17, 15) is 14.3 Å². The van der Waals surface area contributed by atoms with Gasteiger partial charge in [0, 0.05) is 45.1 Å². The van der Waals surface area contributed by atoms with Gasteiger partial charge in [-0.25, -0.2) is 4.39 Å². The summed E-state index contributed by atoms with van der Waals surface area (Å²) in [4.78, 5) is 18.1. The van der Waals surface area contributed by atoms with Crippen molar-refractivity contribution in [2.24, 2.45) is 10.4 Å². The number of carbonyl (C=O) groups excluding carboxylic acids is 1. The Hall–Kier alpha value is -2.15. The van der Waals surface area contributed by atoms with Crippen molar-refractivity contribution in [3.63, 3.8) is 0 Å². The van der Waals surface area contributed by atoms with Gasteiger partial charge in [-0.05, 0) is 30.5 Å². The van der Waals surface area contributed by atoms with E-state index >= 15 is 0 Å². The number of aliphatic imine (C=N–C) groups is 1. The topological polar surface area (TPSA) is 77.0 Å². The van der Waals surface area contributed by atoms with E-state index in [1.54, 1.807) is 19.2 Å². The highest BCUT2D eigenvalue weighted by atomic mass is 19.1. The van der Waals surface area contributed by atoms with Gasteiger partial charge < -0.3 is 20.6 Å². The summed E-state index contributed by atoms with van der Waals surface area (Å²) in [5, 5.41) is 16.4. The van der Waals surface area contributed by atoms with Crippen LogP contribution in [0.3, 0.4) is 0 Å². The van der Waals surface area contributed by atoms with Crippen LogP contribution >= 0.6 is 0 Å². The number of amides is 1. The van der Waals surface area contributed by atoms with Gasteiger partial charge in [-0.3, -0.25) is 9.79 Å². The summed E-state index contributed by atoms with van der Waals surface area (Å²) in [6.45, 7) is 2.66. The number of nitrogens with zero attached hydrogens (tertiary/aromatic N) is 2. The third-order valence-electron chi connectivity index (χ3n) is 5.08. The maximum absolute atomic E-state index is 13.0. The third kappa shape index (κ3) is 4.10. The van der Waals surface area contributed by atoms with E-state index < -0.39 is 6.10 Å². The lowest BCUT2D eigenvalue weighted by Gasteiger charge is -2.40. The smallest absolute Gasteiger partial charge is 0.220 e. The van der Waals surface area contributed by atoms with Crippen molar-refractivity contribution in [3.05, 3.63) is 35.6 Å². The van der Waals surface area contributed by atoms with Crippen molar-refractivity contribution in [2.45, 2.75) is 25.4 Å². The van der Waals surface area contributed by atoms with Crippen LogP contribution in [0.1, 0.15) is 30.9 Å². The molecule has 3 N–H and O–H groups in total. The Morgan fingerprint density at radius 2 is 2.24 bits per heavy atom. The van der Waals surface area contributed by atoms with Crippen molar-refractivity contribution in [3.8, 4) is 0 Å². The number of hydrogen-bond donors (Lipinski definition) is 3. The molecule has 0 bridgehead atoms. The molecule has 2 atom stereocenters. The van der Waals surface area contributed by atoms with Crippen molar-refractivity contribution in [2.75, 3.05) is 33.2 Å². The molecule has 0 saturated carbocycles. The summed E-state index contributed by atoms with van der Waals surface area (Å²) in [7, 11) is 1.71. The minimum absolute atomic E-state index is 0.0114. The fourth-order valence-electron chi connectivity index (χ4n) is 3.75. The van der Waals surface area contributed by atoms with Crippen LogP contribution in [0.4, 0.5) is 4.39 Å². The van der Waals surface area contributed by atoms with Crippen LogP contribution in [0.25, 0.3) is 0 Å². The zero-order valence-electron chi connectivity index (χ0n) is 14.5. The predicted octanol–water partition coefficient (Wildman–Crippen LogP) is 1.04. The second-order valence-corrected chi connectivity index (χ2v) is 6.97. The standard InChI is InChI=1S/C18H25FN4O2/c1-20-17(21-10-15(24)13-3-5-14(19)6-4-13)23-8-2-7-18(12-23)9-16(25)22-11-18/h3-6,15,24H,2,7-12H2,1H3,(H,20,21)(H,22,25). The Morgan fingerprint density at radius 3 is 2.88 bits per heavy atom. The summed E-state index contributed by atoms with van der Waals surface area (Å²) in [5.74, 6) is 0.522. The van der Waals surface area contributed by atoms with Crippen molar-refractivity contribution in [1.29, 1.82) is 0 Å². The molecule has 2 fully saturated rings. The quantitative estimate of drug-likeness (QED) is 0.563. The van der Waals surface area contributed by atoms with E-state index in [0.29, 0.717) is 18.5 Å². The molecule has 1 spiro atoms. The number of nitrogens with one attached hydrogen (secondary N) is 2. The molecular weight excluding hydrogens is 323 g/mol. The first-order valence-electron chi connectivity index (χ1n) is 8.67. The molecule has 6 nitrogen and oxygen atoms in total. The molecule has 7 heteroatoms. The number of aliphatic hydroxyl groups is 1. The summed E-state index contributed by atoms with van der Waals surface area (Å²) in [6, 6.07) is 5.84. The van der Waals surface area contributed by atoms with Gasteiger partial charge in [0.05, 0.1) is 6.10 Å². The zero-order valence-corrected chi connectivity index (χ0v) is 14.5. The Labute approximate surface area is 147 Å². The molecule has 25 heavy (non-hydrogen) atoms. The maximum atomic E-state index is 13.0. The number of benzene rings is 1. The molecule has 2 aliphatic heterocycles. The first-order chi connectivity index (χ1) is 12.0. The Kier molecular flexibility index (Phi) is 5.22. The molecule has 0 aliphatic carbocycles. The van der Waals surface area contributed by atoms with Gasteiger partial charge in [0.15, 0.2) is 5.96 Å². The normalized spacial score (nSPS) is 25.2. The predicted molar refractivity (Wildman–Crippen MR) is 93.6 cm³/mol. The van der Waals surface area contributed by atoms with Crippen LogP contribution in [0.15, 0.2) is 29.3 Å². The molecule has 1 aromatic carbocycles. The molecular formula is C18H25FN4O2. The number of guanidine groups is 1. The fourth-order valence-corrected chi connectivity index (χ4v) is 3.75. The Balaban J connectivity index is 1.59. The molecule has 2 heterocycles. The van der Waals surface area contributed by atoms with E-state index in [4.69, 9.17) is 0 Å². The van der Waals surface area contributed by atoms with E-state index in [1.807, 2.05) is 0 Å². The van der Waals surface area contributed by atoms with Gasteiger partial charge in [-0.1, -0.05) is 12.1 Å². The van der Waals surface area contributed by atoms with Gasteiger partial charge in [0.25, 0.3) is 0 Å². The van der Waals surface area contributed by atoms with Crippen LogP contribution in [0, 0.1) is 11.2 Å². The molecule has 3 rings (SSSR count). The van der Waals surface area contributed by atoms with Crippen LogP contribution in [-0.4, -0.2) is 55.1 Å². The first kappa shape index (κ1) is 17.7. The van der Waals surface area contributed by atoms with Crippen molar-refractivity contribution < 1.29 is 14.3 Å². The maximum Gasteiger partial charge on any atom is 0.220 e. The lowest BCUT2D eigenvalue weighted by Crippen LogP contribution is -2.51. The van der Waals surface area contributed by atoms with Gasteiger partial charge in [-0.2, -0.15) is 0 Å². The number of piperidine rings is 1. The molecule has 2 aliphatic rings. The number of aliphatic hydroxyl groups excluding tert-OH is 1. The van der Waals surface area contributed by atoms with Crippen LogP contribution in [-0.2, 0) is 4.79 Å². The first-order valence-corrected chi connectivity index (χ1v) is 8.67. The van der Waals surface area contributed by atoms with Crippen LogP contribution < -0.4 is 10.6 Å². The Bertz CT molecular complexity index is 649. The Morgan fingerprint density at radius 1 is 1.48 bits per heavy atom. The van der Waals surface area contributed by atoms with Crippen LogP contribution in [0.5, 0.6) is 0 Å². The SMILES string of the molecule is CN=C(NCC(O)c1ccc(F)cc1)N1CCCC2(CNC(=O)C2)C1. The monoisotopic (exact) mass is 348 g/mol. The number of likely N-dealkylation sites (tertiary alicyclic amines) is 1. The number of rotatable bonds is 3. The highest BCUT2D eigenvalue weighted by molar-refractivity contribution is 5.81. The summed E-state index contributed by atoms with van der Waals surface area (Å²) < 4.78 is 13.0. The minimum atomic E-state index is -0.745. The molecule has 1 aromatic rings. The molecule has 136 valence electrons. The lowest BCUT2D eigenvalue weighted by atomic mass is 9.79. The zero-order chi connectivity index (χ0) is 17.9. The summed E-state index contributed by atoms with van der Waals surface area (Å²) in [5.41, 5.74) is 0.646. The number of halogens is 1.